The van der Waals surface area contributed by atoms with Crippen LogP contribution in [0.3, 0.4) is 0 Å². The van der Waals surface area contributed by atoms with E-state index in [0.717, 1.165) is 29.4 Å². The first-order valence-corrected chi connectivity index (χ1v) is 10.5. The molecule has 0 spiro atoms. The van der Waals surface area contributed by atoms with E-state index in [4.69, 9.17) is 14.2 Å². The van der Waals surface area contributed by atoms with Gasteiger partial charge in [-0.05, 0) is 43.5 Å². The summed E-state index contributed by atoms with van der Waals surface area (Å²) in [6.07, 6.45) is 0.0156. The van der Waals surface area contributed by atoms with Crippen LogP contribution >= 0.6 is 24.0 Å². The average molecular weight is 541 g/mol. The van der Waals surface area contributed by atoms with Gasteiger partial charge in [0, 0.05) is 20.2 Å². The molecule has 31 heavy (non-hydrogen) atoms. The predicted molar refractivity (Wildman–Crippen MR) is 137 cm³/mol. The molecule has 7 heteroatoms. The third-order valence-corrected chi connectivity index (χ3v) is 4.50. The number of hydrogen-bond acceptors (Lipinski definition) is 4. The second-order valence-electron chi connectivity index (χ2n) is 7.07. The van der Waals surface area contributed by atoms with Gasteiger partial charge in [-0.1, -0.05) is 42.5 Å². The topological polar surface area (TPSA) is 64.1 Å². The minimum atomic E-state index is 0. The van der Waals surface area contributed by atoms with E-state index in [1.54, 1.807) is 7.05 Å². The minimum Gasteiger partial charge on any atom is -0.489 e. The molecule has 0 radical (unpaired) electrons. The number of aryl methyl sites for hydroxylation is 1. The fourth-order valence-electron chi connectivity index (χ4n) is 2.88. The minimum absolute atomic E-state index is 0. The maximum absolute atomic E-state index is 6.01. The number of rotatable bonds is 12. The Kier molecular flexibility index (Phi) is 13.9. The molecule has 6 nitrogen and oxygen atoms in total. The third kappa shape index (κ3) is 10.8. The average Bonchev–Trinajstić information content (AvgIpc) is 2.75. The molecule has 0 amide bonds. The normalized spacial score (nSPS) is 12.1. The van der Waals surface area contributed by atoms with Crippen molar-refractivity contribution in [2.24, 2.45) is 4.99 Å². The van der Waals surface area contributed by atoms with Gasteiger partial charge in [-0.25, -0.2) is 0 Å². The summed E-state index contributed by atoms with van der Waals surface area (Å²) in [6.45, 7) is 9.95. The lowest BCUT2D eigenvalue weighted by Gasteiger charge is -2.19. The van der Waals surface area contributed by atoms with Crippen LogP contribution in [-0.2, 0) is 22.6 Å². The van der Waals surface area contributed by atoms with Gasteiger partial charge in [-0.3, -0.25) is 4.99 Å². The Bertz CT molecular complexity index is 786. The zero-order valence-electron chi connectivity index (χ0n) is 19.0. The number of ether oxygens (including phenoxy) is 3. The highest BCUT2D eigenvalue weighted by Gasteiger charge is 2.07. The third-order valence-electron chi connectivity index (χ3n) is 4.50. The molecule has 0 heterocycles. The van der Waals surface area contributed by atoms with E-state index in [-0.39, 0.29) is 30.1 Å². The van der Waals surface area contributed by atoms with Crippen molar-refractivity contribution in [1.29, 1.82) is 0 Å². The SMILES string of the molecule is CCOCCOCc1cccc(CNC(=NC)NCC(C)Oc2ccccc2C)c1.I. The standard InChI is InChI=1S/C24H35N3O3.HI/c1-5-28-13-14-29-18-22-11-8-10-21(15-22)17-27-24(25-4)26-16-20(3)30-23-12-7-6-9-19(23)2;/h6-12,15,20H,5,13-14,16-18H2,1-4H3,(H2,25,26,27);1H. The number of nitrogens with zero attached hydrogens (tertiary/aromatic N) is 1. The first-order chi connectivity index (χ1) is 14.6. The highest BCUT2D eigenvalue weighted by Crippen LogP contribution is 2.17. The van der Waals surface area contributed by atoms with Crippen molar-refractivity contribution >= 4 is 29.9 Å². The van der Waals surface area contributed by atoms with Crippen molar-refractivity contribution in [1.82, 2.24) is 10.6 Å². The van der Waals surface area contributed by atoms with E-state index in [9.17, 15) is 0 Å². The summed E-state index contributed by atoms with van der Waals surface area (Å²) >= 11 is 0. The molecular formula is C24H36IN3O3. The van der Waals surface area contributed by atoms with Crippen LogP contribution in [0.1, 0.15) is 30.5 Å². The molecule has 0 aliphatic rings. The summed E-state index contributed by atoms with van der Waals surface area (Å²) in [4.78, 5) is 4.30. The van der Waals surface area contributed by atoms with Crippen molar-refractivity contribution in [3.8, 4) is 5.75 Å². The Labute approximate surface area is 203 Å². The zero-order chi connectivity index (χ0) is 21.6. The van der Waals surface area contributed by atoms with Gasteiger partial charge in [0.25, 0.3) is 0 Å². The van der Waals surface area contributed by atoms with Gasteiger partial charge in [-0.2, -0.15) is 0 Å². The van der Waals surface area contributed by atoms with Crippen LogP contribution in [0.5, 0.6) is 5.75 Å². The molecule has 1 atom stereocenters. The van der Waals surface area contributed by atoms with Gasteiger partial charge >= 0.3 is 0 Å². The number of aliphatic imine (C=N–C) groups is 1. The van der Waals surface area contributed by atoms with Crippen LogP contribution in [0, 0.1) is 6.92 Å². The van der Waals surface area contributed by atoms with E-state index >= 15 is 0 Å². The molecule has 0 aliphatic carbocycles. The van der Waals surface area contributed by atoms with E-state index in [1.807, 2.05) is 51.1 Å². The maximum Gasteiger partial charge on any atom is 0.191 e. The smallest absolute Gasteiger partial charge is 0.191 e. The molecule has 172 valence electrons. The van der Waals surface area contributed by atoms with Crippen LogP contribution in [-0.4, -0.2) is 45.5 Å². The molecule has 0 fully saturated rings. The highest BCUT2D eigenvalue weighted by molar-refractivity contribution is 14.0. The maximum atomic E-state index is 6.01. The number of benzene rings is 2. The van der Waals surface area contributed by atoms with Crippen molar-refractivity contribution in [3.05, 3.63) is 65.2 Å². The van der Waals surface area contributed by atoms with Crippen LogP contribution in [0.4, 0.5) is 0 Å². The molecule has 0 saturated carbocycles. The molecule has 0 saturated heterocycles. The first-order valence-electron chi connectivity index (χ1n) is 10.5. The summed E-state index contributed by atoms with van der Waals surface area (Å²) in [5.74, 6) is 1.66. The Morgan fingerprint density at radius 2 is 1.74 bits per heavy atom. The van der Waals surface area contributed by atoms with Gasteiger partial charge in [0.05, 0.1) is 26.4 Å². The molecular weight excluding hydrogens is 505 g/mol. The number of hydrogen-bond donors (Lipinski definition) is 2. The second-order valence-corrected chi connectivity index (χ2v) is 7.07. The summed E-state index contributed by atoms with van der Waals surface area (Å²) in [5, 5.41) is 6.67. The number of halogens is 1. The van der Waals surface area contributed by atoms with Gasteiger partial charge in [0.2, 0.25) is 0 Å². The van der Waals surface area contributed by atoms with E-state index in [2.05, 4.69) is 33.8 Å². The summed E-state index contributed by atoms with van der Waals surface area (Å²) in [7, 11) is 1.77. The quantitative estimate of drug-likeness (QED) is 0.182. The summed E-state index contributed by atoms with van der Waals surface area (Å²) in [6, 6.07) is 16.4. The Balaban J connectivity index is 0.00000480. The zero-order valence-corrected chi connectivity index (χ0v) is 21.3. The van der Waals surface area contributed by atoms with Crippen molar-refractivity contribution < 1.29 is 14.2 Å². The Hall–Kier alpha value is -1.84. The molecule has 2 aromatic rings. The fraction of sp³-hybridized carbons (Fsp3) is 0.458. The van der Waals surface area contributed by atoms with Crippen molar-refractivity contribution in [3.63, 3.8) is 0 Å². The van der Waals surface area contributed by atoms with Crippen LogP contribution < -0.4 is 15.4 Å². The van der Waals surface area contributed by atoms with Crippen molar-refractivity contribution in [2.75, 3.05) is 33.4 Å². The molecule has 2 N–H and O–H groups in total. The Morgan fingerprint density at radius 1 is 1.00 bits per heavy atom. The lowest BCUT2D eigenvalue weighted by molar-refractivity contribution is 0.0453. The summed E-state index contributed by atoms with van der Waals surface area (Å²) < 4.78 is 16.9. The van der Waals surface area contributed by atoms with E-state index in [1.165, 1.54) is 5.56 Å². The predicted octanol–water partition coefficient (Wildman–Crippen LogP) is 4.30. The van der Waals surface area contributed by atoms with E-state index < -0.39 is 0 Å². The van der Waals surface area contributed by atoms with Gasteiger partial charge in [0.1, 0.15) is 11.9 Å². The number of para-hydroxylation sites is 1. The fourth-order valence-corrected chi connectivity index (χ4v) is 2.88. The lowest BCUT2D eigenvalue weighted by Crippen LogP contribution is -2.41. The first kappa shape index (κ1) is 27.2. The monoisotopic (exact) mass is 541 g/mol. The van der Waals surface area contributed by atoms with Crippen LogP contribution in [0.15, 0.2) is 53.5 Å². The molecule has 0 aromatic heterocycles. The molecule has 0 bridgehead atoms. The van der Waals surface area contributed by atoms with Crippen molar-refractivity contribution in [2.45, 2.75) is 40.0 Å². The van der Waals surface area contributed by atoms with E-state index in [0.29, 0.717) is 32.9 Å². The largest absolute Gasteiger partial charge is 0.489 e. The molecule has 1 unspecified atom stereocenters. The highest BCUT2D eigenvalue weighted by atomic mass is 127. The number of nitrogens with one attached hydrogen (secondary N) is 2. The molecule has 2 aromatic carbocycles. The number of guanidine groups is 1. The second kappa shape index (κ2) is 15.9. The van der Waals surface area contributed by atoms with Gasteiger partial charge in [-0.15, -0.1) is 24.0 Å². The van der Waals surface area contributed by atoms with Crippen LogP contribution in [0.2, 0.25) is 0 Å². The lowest BCUT2D eigenvalue weighted by atomic mass is 10.1. The molecule has 2 rings (SSSR count). The molecule has 0 aliphatic heterocycles. The Morgan fingerprint density at radius 3 is 2.48 bits per heavy atom. The van der Waals surface area contributed by atoms with Crippen LogP contribution in [0.25, 0.3) is 0 Å². The van der Waals surface area contributed by atoms with Gasteiger partial charge in [0.15, 0.2) is 5.96 Å². The van der Waals surface area contributed by atoms with Gasteiger partial charge < -0.3 is 24.8 Å². The summed E-state index contributed by atoms with van der Waals surface area (Å²) in [5.41, 5.74) is 3.45.